The Labute approximate surface area is 151 Å². The van der Waals surface area contributed by atoms with Crippen LogP contribution < -0.4 is 4.80 Å². The number of terminal acetylenes is 1. The summed E-state index contributed by atoms with van der Waals surface area (Å²) in [6.45, 7) is 6.54. The van der Waals surface area contributed by atoms with Crippen LogP contribution in [0.15, 0.2) is 41.4 Å². The summed E-state index contributed by atoms with van der Waals surface area (Å²) < 4.78 is 3.03. The summed E-state index contributed by atoms with van der Waals surface area (Å²) in [5, 5.41) is 0. The normalized spacial score (nSPS) is 11.7. The number of rotatable bonds is 3. The summed E-state index contributed by atoms with van der Waals surface area (Å²) in [5.41, 5.74) is 5.12. The third-order valence-corrected chi connectivity index (χ3v) is 5.40. The fourth-order valence-electron chi connectivity index (χ4n) is 2.69. The van der Waals surface area contributed by atoms with E-state index >= 15 is 0 Å². The lowest BCUT2D eigenvalue weighted by molar-refractivity contribution is 0.0998. The maximum absolute atomic E-state index is 12.6. The maximum atomic E-state index is 12.6. The Morgan fingerprint density at radius 3 is 2.68 bits per heavy atom. The van der Waals surface area contributed by atoms with Crippen molar-refractivity contribution in [2.45, 2.75) is 33.7 Å². The van der Waals surface area contributed by atoms with E-state index in [2.05, 4.69) is 36.0 Å². The summed E-state index contributed by atoms with van der Waals surface area (Å²) in [4.78, 5) is 17.6. The van der Waals surface area contributed by atoms with E-state index in [4.69, 9.17) is 6.42 Å². The standard InChI is InChI=1S/C21H20N2OS/c1-5-11-23-18-10-8-16(6-2)13-19(18)25-21(23)22-20(24)17-9-7-14(3)15(4)12-17/h1,7-10,12-13H,6,11H2,2-4H3. The Kier molecular flexibility index (Phi) is 4.87. The van der Waals surface area contributed by atoms with E-state index < -0.39 is 0 Å². The molecule has 3 aromatic rings. The summed E-state index contributed by atoms with van der Waals surface area (Å²) >= 11 is 1.50. The molecule has 126 valence electrons. The number of fused-ring (bicyclic) bond motifs is 1. The van der Waals surface area contributed by atoms with Gasteiger partial charge in [-0.3, -0.25) is 4.79 Å². The van der Waals surface area contributed by atoms with Crippen LogP contribution in [0, 0.1) is 26.2 Å². The van der Waals surface area contributed by atoms with E-state index in [1.807, 2.05) is 36.6 Å². The van der Waals surface area contributed by atoms with Crippen molar-refractivity contribution in [1.82, 2.24) is 4.57 Å². The van der Waals surface area contributed by atoms with Crippen LogP contribution in [-0.4, -0.2) is 10.5 Å². The summed E-state index contributed by atoms with van der Waals surface area (Å²) in [6.07, 6.45) is 6.49. The van der Waals surface area contributed by atoms with Crippen molar-refractivity contribution >= 4 is 27.5 Å². The van der Waals surface area contributed by atoms with Crippen molar-refractivity contribution in [3.63, 3.8) is 0 Å². The van der Waals surface area contributed by atoms with Crippen molar-refractivity contribution in [2.75, 3.05) is 0 Å². The molecule has 2 aromatic carbocycles. The van der Waals surface area contributed by atoms with E-state index in [9.17, 15) is 4.79 Å². The van der Waals surface area contributed by atoms with Gasteiger partial charge in [0.25, 0.3) is 5.91 Å². The first-order chi connectivity index (χ1) is 12.0. The molecule has 0 spiro atoms. The minimum atomic E-state index is -0.240. The molecule has 0 saturated heterocycles. The molecule has 25 heavy (non-hydrogen) atoms. The van der Waals surface area contributed by atoms with Crippen LogP contribution in [0.5, 0.6) is 0 Å². The van der Waals surface area contributed by atoms with Crippen LogP contribution in [0.2, 0.25) is 0 Å². The molecule has 0 aliphatic carbocycles. The van der Waals surface area contributed by atoms with E-state index in [0.29, 0.717) is 16.9 Å². The molecule has 0 N–H and O–H groups in total. The molecule has 0 bridgehead atoms. The lowest BCUT2D eigenvalue weighted by Crippen LogP contribution is -2.16. The van der Waals surface area contributed by atoms with Crippen molar-refractivity contribution in [1.29, 1.82) is 0 Å². The molecule has 1 aromatic heterocycles. The molecule has 4 heteroatoms. The molecular weight excluding hydrogens is 328 g/mol. The maximum Gasteiger partial charge on any atom is 0.279 e. The number of aromatic nitrogens is 1. The monoisotopic (exact) mass is 348 g/mol. The van der Waals surface area contributed by atoms with Crippen LogP contribution >= 0.6 is 11.3 Å². The van der Waals surface area contributed by atoms with Gasteiger partial charge in [-0.1, -0.05) is 36.3 Å². The second-order valence-electron chi connectivity index (χ2n) is 6.05. The minimum absolute atomic E-state index is 0.240. The van der Waals surface area contributed by atoms with Gasteiger partial charge in [-0.05, 0) is 61.2 Å². The van der Waals surface area contributed by atoms with Gasteiger partial charge in [-0.25, -0.2) is 0 Å². The average Bonchev–Trinajstić information content (AvgIpc) is 2.94. The molecule has 0 unspecified atom stereocenters. The predicted octanol–water partition coefficient (Wildman–Crippen LogP) is 4.26. The molecule has 1 heterocycles. The molecule has 3 nitrogen and oxygen atoms in total. The van der Waals surface area contributed by atoms with Crippen LogP contribution in [0.4, 0.5) is 0 Å². The zero-order valence-corrected chi connectivity index (χ0v) is 15.5. The number of benzene rings is 2. The van der Waals surface area contributed by atoms with Gasteiger partial charge >= 0.3 is 0 Å². The number of carbonyl (C=O) groups is 1. The number of hydrogen-bond donors (Lipinski definition) is 0. The highest BCUT2D eigenvalue weighted by molar-refractivity contribution is 7.16. The zero-order chi connectivity index (χ0) is 18.0. The van der Waals surface area contributed by atoms with Crippen LogP contribution in [0.3, 0.4) is 0 Å². The summed E-state index contributed by atoms with van der Waals surface area (Å²) in [5.74, 6) is 2.42. The smallest absolute Gasteiger partial charge is 0.279 e. The Morgan fingerprint density at radius 1 is 1.20 bits per heavy atom. The molecular formula is C21H20N2OS. The molecule has 0 aliphatic rings. The van der Waals surface area contributed by atoms with E-state index in [0.717, 1.165) is 27.8 Å². The van der Waals surface area contributed by atoms with Gasteiger partial charge in [0.2, 0.25) is 0 Å². The van der Waals surface area contributed by atoms with Gasteiger partial charge < -0.3 is 4.57 Å². The Hall–Kier alpha value is -2.64. The van der Waals surface area contributed by atoms with Gasteiger partial charge in [-0.15, -0.1) is 6.42 Å². The summed E-state index contributed by atoms with van der Waals surface area (Å²) in [6, 6.07) is 12.0. The van der Waals surface area contributed by atoms with Crippen LogP contribution in [0.1, 0.15) is 34.0 Å². The molecule has 3 rings (SSSR count). The van der Waals surface area contributed by atoms with E-state index in [-0.39, 0.29) is 5.91 Å². The molecule has 0 aliphatic heterocycles. The molecule has 0 saturated carbocycles. The first kappa shape index (κ1) is 17.2. The van der Waals surface area contributed by atoms with E-state index in [1.54, 1.807) is 0 Å². The predicted molar refractivity (Wildman–Crippen MR) is 104 cm³/mol. The topological polar surface area (TPSA) is 34.4 Å². The molecule has 0 fully saturated rings. The first-order valence-corrected chi connectivity index (χ1v) is 9.07. The number of carbonyl (C=O) groups excluding carboxylic acids is 1. The van der Waals surface area contributed by atoms with Gasteiger partial charge in [-0.2, -0.15) is 4.99 Å². The van der Waals surface area contributed by atoms with Gasteiger partial charge in [0.05, 0.1) is 16.8 Å². The largest absolute Gasteiger partial charge is 0.305 e. The first-order valence-electron chi connectivity index (χ1n) is 8.25. The Bertz CT molecular complexity index is 1060. The van der Waals surface area contributed by atoms with Crippen molar-refractivity contribution in [3.8, 4) is 12.3 Å². The van der Waals surface area contributed by atoms with Gasteiger partial charge in [0.15, 0.2) is 4.80 Å². The number of thiazole rings is 1. The number of aryl methyl sites for hydroxylation is 3. The number of amides is 1. The lowest BCUT2D eigenvalue weighted by atomic mass is 10.1. The zero-order valence-electron chi connectivity index (χ0n) is 14.7. The third kappa shape index (κ3) is 3.42. The van der Waals surface area contributed by atoms with Crippen molar-refractivity contribution in [2.24, 2.45) is 4.99 Å². The second-order valence-corrected chi connectivity index (χ2v) is 7.06. The third-order valence-electron chi connectivity index (χ3n) is 4.36. The van der Waals surface area contributed by atoms with Gasteiger partial charge in [0, 0.05) is 5.56 Å². The molecule has 1 amide bonds. The quantitative estimate of drug-likeness (QED) is 0.651. The highest BCUT2D eigenvalue weighted by Gasteiger charge is 2.10. The Balaban J connectivity index is 2.14. The molecule has 0 atom stereocenters. The SMILES string of the molecule is C#CCn1c(=NC(=O)c2ccc(C)c(C)c2)sc2cc(CC)ccc21. The Morgan fingerprint density at radius 2 is 2.00 bits per heavy atom. The highest BCUT2D eigenvalue weighted by Crippen LogP contribution is 2.20. The fourth-order valence-corrected chi connectivity index (χ4v) is 3.78. The average molecular weight is 348 g/mol. The van der Waals surface area contributed by atoms with Crippen molar-refractivity contribution < 1.29 is 4.79 Å². The van der Waals surface area contributed by atoms with Crippen LogP contribution in [0.25, 0.3) is 10.2 Å². The van der Waals surface area contributed by atoms with Crippen molar-refractivity contribution in [3.05, 3.63) is 63.5 Å². The molecule has 0 radical (unpaired) electrons. The van der Waals surface area contributed by atoms with Crippen LogP contribution in [-0.2, 0) is 13.0 Å². The second kappa shape index (κ2) is 7.08. The number of nitrogens with zero attached hydrogens (tertiary/aromatic N) is 2. The highest BCUT2D eigenvalue weighted by atomic mass is 32.1. The van der Waals surface area contributed by atoms with Gasteiger partial charge in [0.1, 0.15) is 0 Å². The van der Waals surface area contributed by atoms with E-state index in [1.165, 1.54) is 16.9 Å². The fraction of sp³-hybridized carbons (Fsp3) is 0.238. The lowest BCUT2D eigenvalue weighted by Gasteiger charge is -2.02. The minimum Gasteiger partial charge on any atom is -0.305 e. The number of hydrogen-bond acceptors (Lipinski definition) is 2. The summed E-state index contributed by atoms with van der Waals surface area (Å²) in [7, 11) is 0.